The van der Waals surface area contributed by atoms with Crippen molar-refractivity contribution in [3.8, 4) is 11.8 Å². The molecule has 0 amide bonds. The van der Waals surface area contributed by atoms with E-state index < -0.39 is 5.82 Å². The summed E-state index contributed by atoms with van der Waals surface area (Å²) in [5.74, 6) is -0.231. The van der Waals surface area contributed by atoms with Crippen molar-refractivity contribution in [2.75, 3.05) is 0 Å². The Bertz CT molecular complexity index is 1040. The van der Waals surface area contributed by atoms with Gasteiger partial charge in [-0.25, -0.2) is 8.78 Å². The number of allylic oxidation sites excluding steroid dienone is 1. The Morgan fingerprint density at radius 1 is 1.00 bits per heavy atom. The van der Waals surface area contributed by atoms with Crippen molar-refractivity contribution < 1.29 is 13.5 Å². The molecule has 0 spiro atoms. The summed E-state index contributed by atoms with van der Waals surface area (Å²) in [6.07, 6.45) is 1.60. The minimum Gasteiger partial charge on any atom is -0.488 e. The highest BCUT2D eigenvalue weighted by Crippen LogP contribution is 2.29. The van der Waals surface area contributed by atoms with Crippen LogP contribution in [0.5, 0.6) is 5.75 Å². The van der Waals surface area contributed by atoms with Crippen LogP contribution in [0.2, 0.25) is 0 Å². The molecule has 0 aliphatic heterocycles. The van der Waals surface area contributed by atoms with E-state index in [0.717, 1.165) is 0 Å². The van der Waals surface area contributed by atoms with Crippen molar-refractivity contribution in [3.05, 3.63) is 99.5 Å². The topological polar surface area (TPSA) is 33.0 Å². The van der Waals surface area contributed by atoms with E-state index in [4.69, 9.17) is 4.74 Å². The van der Waals surface area contributed by atoms with E-state index in [9.17, 15) is 14.0 Å². The molecule has 0 aliphatic rings. The smallest absolute Gasteiger partial charge is 0.134 e. The van der Waals surface area contributed by atoms with E-state index in [0.29, 0.717) is 21.3 Å². The van der Waals surface area contributed by atoms with E-state index in [1.165, 1.54) is 12.1 Å². The number of hydrogen-bond donors (Lipinski definition) is 0. The Morgan fingerprint density at radius 2 is 1.70 bits per heavy atom. The normalized spacial score (nSPS) is 11.1. The molecule has 0 N–H and O–H groups in total. The first kappa shape index (κ1) is 18.8. The summed E-state index contributed by atoms with van der Waals surface area (Å²) in [5.41, 5.74) is 1.63. The van der Waals surface area contributed by atoms with Crippen LogP contribution in [0.15, 0.2) is 71.2 Å². The molecule has 0 heterocycles. The molecule has 0 bridgehead atoms. The highest BCUT2D eigenvalue weighted by molar-refractivity contribution is 9.10. The second-order valence-corrected chi connectivity index (χ2v) is 6.57. The number of nitriles is 1. The number of halogens is 3. The highest BCUT2D eigenvalue weighted by Gasteiger charge is 2.09. The average Bonchev–Trinajstić information content (AvgIpc) is 2.67. The molecular formula is C22H14BrF2NO. The average molecular weight is 426 g/mol. The zero-order chi connectivity index (χ0) is 19.2. The molecule has 3 aromatic rings. The minimum absolute atomic E-state index is 0.0964. The monoisotopic (exact) mass is 425 g/mol. The molecular weight excluding hydrogens is 412 g/mol. The first-order valence-corrected chi connectivity index (χ1v) is 8.90. The zero-order valence-corrected chi connectivity index (χ0v) is 15.7. The molecule has 3 rings (SSSR count). The molecule has 0 atom stereocenters. The van der Waals surface area contributed by atoms with Gasteiger partial charge in [0.25, 0.3) is 0 Å². The molecule has 0 aliphatic carbocycles. The predicted octanol–water partition coefficient (Wildman–Crippen LogP) is 6.37. The summed E-state index contributed by atoms with van der Waals surface area (Å²) >= 11 is 3.42. The maximum absolute atomic E-state index is 13.9. The lowest BCUT2D eigenvalue weighted by Gasteiger charge is -2.10. The number of nitrogens with zero attached hydrogens (tertiary/aromatic N) is 1. The minimum atomic E-state index is -0.450. The second-order valence-electron chi connectivity index (χ2n) is 5.72. The maximum Gasteiger partial charge on any atom is 0.134 e. The third-order valence-electron chi connectivity index (χ3n) is 3.89. The Kier molecular flexibility index (Phi) is 6.00. The maximum atomic E-state index is 13.9. The van der Waals surface area contributed by atoms with Crippen molar-refractivity contribution in [1.29, 1.82) is 5.26 Å². The Morgan fingerprint density at radius 3 is 2.37 bits per heavy atom. The molecule has 0 saturated carbocycles. The van der Waals surface area contributed by atoms with Crippen LogP contribution in [0.25, 0.3) is 11.6 Å². The van der Waals surface area contributed by atoms with Crippen LogP contribution in [0.4, 0.5) is 8.78 Å². The number of rotatable bonds is 5. The van der Waals surface area contributed by atoms with Crippen molar-refractivity contribution in [2.24, 2.45) is 0 Å². The van der Waals surface area contributed by atoms with Gasteiger partial charge in [-0.15, -0.1) is 0 Å². The van der Waals surface area contributed by atoms with E-state index >= 15 is 0 Å². The van der Waals surface area contributed by atoms with Crippen LogP contribution in [0.1, 0.15) is 16.7 Å². The summed E-state index contributed by atoms with van der Waals surface area (Å²) in [4.78, 5) is 0. The van der Waals surface area contributed by atoms with Gasteiger partial charge in [0.1, 0.15) is 24.0 Å². The highest BCUT2D eigenvalue weighted by atomic mass is 79.9. The molecule has 0 fully saturated rings. The fourth-order valence-electron chi connectivity index (χ4n) is 2.51. The number of benzene rings is 3. The third kappa shape index (κ3) is 4.60. The molecule has 0 radical (unpaired) electrons. The van der Waals surface area contributed by atoms with Gasteiger partial charge in [0.2, 0.25) is 0 Å². The van der Waals surface area contributed by atoms with Crippen LogP contribution in [0, 0.1) is 23.0 Å². The third-order valence-corrected chi connectivity index (χ3v) is 4.51. The van der Waals surface area contributed by atoms with Gasteiger partial charge < -0.3 is 4.74 Å². The van der Waals surface area contributed by atoms with Crippen molar-refractivity contribution in [1.82, 2.24) is 0 Å². The van der Waals surface area contributed by atoms with Crippen molar-refractivity contribution >= 4 is 27.6 Å². The van der Waals surface area contributed by atoms with Crippen LogP contribution < -0.4 is 4.74 Å². The van der Waals surface area contributed by atoms with Gasteiger partial charge in [0.05, 0.1) is 16.1 Å². The van der Waals surface area contributed by atoms with Gasteiger partial charge in [-0.1, -0.05) is 42.5 Å². The van der Waals surface area contributed by atoms with E-state index in [2.05, 4.69) is 15.9 Å². The Hall–Kier alpha value is -2.97. The van der Waals surface area contributed by atoms with Crippen LogP contribution in [-0.2, 0) is 6.61 Å². The molecule has 134 valence electrons. The summed E-state index contributed by atoms with van der Waals surface area (Å²) in [6, 6.07) is 19.8. The fourth-order valence-corrected chi connectivity index (χ4v) is 3.02. The van der Waals surface area contributed by atoms with Crippen molar-refractivity contribution in [2.45, 2.75) is 6.61 Å². The molecule has 0 aromatic heterocycles. The van der Waals surface area contributed by atoms with Crippen LogP contribution in [0.3, 0.4) is 0 Å². The molecule has 0 unspecified atom stereocenters. The first-order valence-electron chi connectivity index (χ1n) is 8.11. The van der Waals surface area contributed by atoms with E-state index in [1.54, 1.807) is 60.7 Å². The van der Waals surface area contributed by atoms with Crippen LogP contribution >= 0.6 is 15.9 Å². The number of ether oxygens (including phenoxy) is 1. The summed E-state index contributed by atoms with van der Waals surface area (Å²) in [6.45, 7) is 0.0964. The molecule has 27 heavy (non-hydrogen) atoms. The van der Waals surface area contributed by atoms with Gasteiger partial charge in [-0.2, -0.15) is 5.26 Å². The lowest BCUT2D eigenvalue weighted by molar-refractivity contribution is 0.298. The largest absolute Gasteiger partial charge is 0.488 e. The summed E-state index contributed by atoms with van der Waals surface area (Å²) in [5, 5.41) is 9.37. The fraction of sp³-hybridized carbons (Fsp3) is 0.0455. The van der Waals surface area contributed by atoms with E-state index in [1.807, 2.05) is 6.07 Å². The lowest BCUT2D eigenvalue weighted by Crippen LogP contribution is -1.98. The molecule has 0 saturated heterocycles. The van der Waals surface area contributed by atoms with Gasteiger partial charge in [0.15, 0.2) is 0 Å². The first-order chi connectivity index (χ1) is 13.1. The Balaban J connectivity index is 1.81. The quantitative estimate of drug-likeness (QED) is 0.351. The van der Waals surface area contributed by atoms with E-state index in [-0.39, 0.29) is 23.6 Å². The summed E-state index contributed by atoms with van der Waals surface area (Å²) in [7, 11) is 0. The SMILES string of the molecule is N#C/C(=C/c1ccc(OCc2ccccc2F)c(Br)c1)c1ccccc1F. The molecule has 2 nitrogen and oxygen atoms in total. The number of hydrogen-bond acceptors (Lipinski definition) is 2. The zero-order valence-electron chi connectivity index (χ0n) is 14.1. The van der Waals surface area contributed by atoms with Crippen LogP contribution in [-0.4, -0.2) is 0 Å². The lowest BCUT2D eigenvalue weighted by atomic mass is 10.0. The van der Waals surface area contributed by atoms with Gasteiger partial charge in [-0.05, 0) is 51.8 Å². The van der Waals surface area contributed by atoms with Gasteiger partial charge in [-0.3, -0.25) is 0 Å². The predicted molar refractivity (Wildman–Crippen MR) is 105 cm³/mol. The Labute approximate surface area is 164 Å². The molecule has 3 aromatic carbocycles. The standard InChI is InChI=1S/C22H14BrF2NO/c23-19-12-15(11-17(13-26)18-6-2-4-8-21(18)25)9-10-22(19)27-14-16-5-1-3-7-20(16)24/h1-12H,14H2/b17-11-. The van der Waals surface area contributed by atoms with Gasteiger partial charge in [0, 0.05) is 11.1 Å². The van der Waals surface area contributed by atoms with Gasteiger partial charge >= 0.3 is 0 Å². The summed E-state index contributed by atoms with van der Waals surface area (Å²) < 4.78 is 33.9. The molecule has 5 heteroatoms. The van der Waals surface area contributed by atoms with Crippen molar-refractivity contribution in [3.63, 3.8) is 0 Å². The second kappa shape index (κ2) is 8.61.